The molecule has 4 nitrogen and oxygen atoms in total. The molecule has 96 valence electrons. The highest BCUT2D eigenvalue weighted by molar-refractivity contribution is 9.10. The van der Waals surface area contributed by atoms with Crippen LogP contribution in [0.3, 0.4) is 0 Å². The number of halogens is 1. The molecule has 17 heavy (non-hydrogen) atoms. The largest absolute Gasteiger partial charge is 0.490 e. The van der Waals surface area contributed by atoms with Crippen LogP contribution in [0.4, 0.5) is 0 Å². The van der Waals surface area contributed by atoms with Gasteiger partial charge in [0.15, 0.2) is 11.5 Å². The van der Waals surface area contributed by atoms with Crippen molar-refractivity contribution in [3.63, 3.8) is 0 Å². The Morgan fingerprint density at radius 3 is 2.59 bits per heavy atom. The summed E-state index contributed by atoms with van der Waals surface area (Å²) in [6, 6.07) is 3.83. The van der Waals surface area contributed by atoms with Crippen molar-refractivity contribution in [3.05, 3.63) is 22.2 Å². The third-order valence-corrected chi connectivity index (χ3v) is 2.73. The van der Waals surface area contributed by atoms with Gasteiger partial charge in [-0.05, 0) is 40.5 Å². The highest BCUT2D eigenvalue weighted by atomic mass is 79.9. The summed E-state index contributed by atoms with van der Waals surface area (Å²) in [5.74, 6) is 1.40. The Labute approximate surface area is 110 Å². The number of hydrogen-bond donors (Lipinski definition) is 1. The minimum atomic E-state index is 0.469. The van der Waals surface area contributed by atoms with Crippen molar-refractivity contribution in [1.82, 2.24) is 0 Å². The molecular weight excluding hydrogens is 286 g/mol. The molecule has 1 rings (SSSR count). The maximum atomic E-state index is 5.62. The van der Waals surface area contributed by atoms with E-state index in [1.807, 2.05) is 19.1 Å². The van der Waals surface area contributed by atoms with Crippen molar-refractivity contribution in [2.24, 2.45) is 5.73 Å². The van der Waals surface area contributed by atoms with E-state index in [4.69, 9.17) is 19.9 Å². The summed E-state index contributed by atoms with van der Waals surface area (Å²) < 4.78 is 17.0. The molecule has 0 bridgehead atoms. The highest BCUT2D eigenvalue weighted by Gasteiger charge is 2.11. The lowest BCUT2D eigenvalue weighted by Gasteiger charge is -2.14. The lowest BCUT2D eigenvalue weighted by Crippen LogP contribution is -2.07. The second kappa shape index (κ2) is 7.53. The monoisotopic (exact) mass is 303 g/mol. The number of nitrogens with two attached hydrogens (primary N) is 1. The van der Waals surface area contributed by atoms with Gasteiger partial charge in [0.25, 0.3) is 0 Å². The van der Waals surface area contributed by atoms with Crippen LogP contribution in [-0.2, 0) is 11.3 Å². The van der Waals surface area contributed by atoms with Crippen molar-refractivity contribution in [1.29, 1.82) is 0 Å². The van der Waals surface area contributed by atoms with Crippen LogP contribution in [-0.4, -0.2) is 26.9 Å². The summed E-state index contributed by atoms with van der Waals surface area (Å²) in [6.07, 6.45) is 0. The molecule has 0 radical (unpaired) electrons. The Morgan fingerprint density at radius 2 is 2.00 bits per heavy atom. The van der Waals surface area contributed by atoms with Gasteiger partial charge in [0.1, 0.15) is 6.61 Å². The maximum absolute atomic E-state index is 5.62. The first-order chi connectivity index (χ1) is 8.22. The van der Waals surface area contributed by atoms with Crippen molar-refractivity contribution in [3.8, 4) is 11.5 Å². The standard InChI is InChI=1S/C12H18BrNO3/c1-3-16-11-7-9(8-14)6-10(13)12(11)17-5-4-15-2/h6-7H,3-5,8,14H2,1-2H3. The van der Waals surface area contributed by atoms with Crippen LogP contribution >= 0.6 is 15.9 Å². The molecule has 0 aliphatic rings. The predicted molar refractivity (Wildman–Crippen MR) is 70.6 cm³/mol. The molecule has 0 unspecified atom stereocenters. The van der Waals surface area contributed by atoms with Crippen LogP contribution in [0.1, 0.15) is 12.5 Å². The maximum Gasteiger partial charge on any atom is 0.175 e. The third kappa shape index (κ3) is 4.18. The van der Waals surface area contributed by atoms with Gasteiger partial charge in [0.2, 0.25) is 0 Å². The van der Waals surface area contributed by atoms with E-state index in [1.54, 1.807) is 7.11 Å². The molecule has 1 aromatic rings. The van der Waals surface area contributed by atoms with Gasteiger partial charge >= 0.3 is 0 Å². The number of hydrogen-bond acceptors (Lipinski definition) is 4. The van der Waals surface area contributed by atoms with Gasteiger partial charge in [-0.15, -0.1) is 0 Å². The van der Waals surface area contributed by atoms with E-state index in [2.05, 4.69) is 15.9 Å². The fourth-order valence-electron chi connectivity index (χ4n) is 1.37. The van der Waals surface area contributed by atoms with Gasteiger partial charge in [-0.25, -0.2) is 0 Å². The zero-order chi connectivity index (χ0) is 12.7. The number of methoxy groups -OCH3 is 1. The fraction of sp³-hybridized carbons (Fsp3) is 0.500. The van der Waals surface area contributed by atoms with Gasteiger partial charge in [-0.2, -0.15) is 0 Å². The Morgan fingerprint density at radius 1 is 1.24 bits per heavy atom. The molecule has 0 heterocycles. The Kier molecular flexibility index (Phi) is 6.32. The Balaban J connectivity index is 2.90. The molecule has 5 heteroatoms. The lowest BCUT2D eigenvalue weighted by atomic mass is 10.2. The molecule has 0 saturated heterocycles. The predicted octanol–water partition coefficient (Wildman–Crippen LogP) is 2.33. The Hall–Kier alpha value is -0.780. The van der Waals surface area contributed by atoms with E-state index in [9.17, 15) is 0 Å². The molecule has 0 aliphatic heterocycles. The highest BCUT2D eigenvalue weighted by Crippen LogP contribution is 2.36. The molecule has 0 spiro atoms. The van der Waals surface area contributed by atoms with Crippen molar-refractivity contribution < 1.29 is 14.2 Å². The molecule has 0 fully saturated rings. The van der Waals surface area contributed by atoms with Crippen molar-refractivity contribution in [2.75, 3.05) is 26.9 Å². The van der Waals surface area contributed by atoms with Crippen molar-refractivity contribution >= 4 is 15.9 Å². The summed E-state index contributed by atoms with van der Waals surface area (Å²) in [7, 11) is 1.64. The minimum Gasteiger partial charge on any atom is -0.490 e. The van der Waals surface area contributed by atoms with Crippen LogP contribution in [0, 0.1) is 0 Å². The normalized spacial score (nSPS) is 10.4. The third-order valence-electron chi connectivity index (χ3n) is 2.14. The van der Waals surface area contributed by atoms with Gasteiger partial charge in [-0.1, -0.05) is 0 Å². The molecule has 0 amide bonds. The summed E-state index contributed by atoms with van der Waals surface area (Å²) in [4.78, 5) is 0. The fourth-order valence-corrected chi connectivity index (χ4v) is 1.97. The second-order valence-electron chi connectivity index (χ2n) is 3.38. The Bertz CT molecular complexity index is 358. The second-order valence-corrected chi connectivity index (χ2v) is 4.24. The minimum absolute atomic E-state index is 0.469. The number of benzene rings is 1. The van der Waals surface area contributed by atoms with Crippen molar-refractivity contribution in [2.45, 2.75) is 13.5 Å². The average molecular weight is 304 g/mol. The van der Waals surface area contributed by atoms with Crippen LogP contribution in [0.15, 0.2) is 16.6 Å². The van der Waals surface area contributed by atoms with E-state index >= 15 is 0 Å². The smallest absolute Gasteiger partial charge is 0.175 e. The first-order valence-electron chi connectivity index (χ1n) is 5.50. The molecule has 1 aromatic carbocycles. The zero-order valence-corrected chi connectivity index (χ0v) is 11.7. The topological polar surface area (TPSA) is 53.7 Å². The van der Waals surface area contributed by atoms with Gasteiger partial charge < -0.3 is 19.9 Å². The van der Waals surface area contributed by atoms with Crippen LogP contribution < -0.4 is 15.2 Å². The van der Waals surface area contributed by atoms with E-state index < -0.39 is 0 Å². The van der Waals surface area contributed by atoms with E-state index in [-0.39, 0.29) is 0 Å². The van der Waals surface area contributed by atoms with Gasteiger partial charge in [0, 0.05) is 13.7 Å². The number of rotatable bonds is 7. The van der Waals surface area contributed by atoms with Gasteiger partial charge in [0.05, 0.1) is 17.7 Å². The molecule has 0 aliphatic carbocycles. The first kappa shape index (κ1) is 14.3. The summed E-state index contributed by atoms with van der Waals surface area (Å²) in [5, 5.41) is 0. The summed E-state index contributed by atoms with van der Waals surface area (Å²) >= 11 is 3.46. The van der Waals surface area contributed by atoms with E-state index in [0.717, 1.165) is 10.0 Å². The SMILES string of the molecule is CCOc1cc(CN)cc(Br)c1OCCOC. The first-order valence-corrected chi connectivity index (χ1v) is 6.29. The summed E-state index contributed by atoms with van der Waals surface area (Å²) in [6.45, 7) is 4.01. The summed E-state index contributed by atoms with van der Waals surface area (Å²) in [5.41, 5.74) is 6.62. The molecule has 0 saturated carbocycles. The molecule has 0 aromatic heterocycles. The lowest BCUT2D eigenvalue weighted by molar-refractivity contribution is 0.143. The number of ether oxygens (including phenoxy) is 3. The van der Waals surface area contributed by atoms with Crippen LogP contribution in [0.5, 0.6) is 11.5 Å². The zero-order valence-electron chi connectivity index (χ0n) is 10.2. The molecule has 2 N–H and O–H groups in total. The van der Waals surface area contributed by atoms with E-state index in [0.29, 0.717) is 37.9 Å². The van der Waals surface area contributed by atoms with Gasteiger partial charge in [-0.3, -0.25) is 0 Å². The van der Waals surface area contributed by atoms with E-state index in [1.165, 1.54) is 0 Å². The molecular formula is C12H18BrNO3. The quantitative estimate of drug-likeness (QED) is 0.786. The molecule has 0 atom stereocenters. The van der Waals surface area contributed by atoms with Crippen LogP contribution in [0.25, 0.3) is 0 Å². The average Bonchev–Trinajstić information content (AvgIpc) is 2.32. The van der Waals surface area contributed by atoms with Crippen LogP contribution in [0.2, 0.25) is 0 Å².